The van der Waals surface area contributed by atoms with Gasteiger partial charge in [0.15, 0.2) is 0 Å². The van der Waals surface area contributed by atoms with Gasteiger partial charge in [0.1, 0.15) is 33.3 Å². The quantitative estimate of drug-likeness (QED) is 0.0482. The van der Waals surface area contributed by atoms with E-state index < -0.39 is 38.1 Å². The second-order valence-corrected chi connectivity index (χ2v) is 13.4. The summed E-state index contributed by atoms with van der Waals surface area (Å²) >= 11 is 0. The Morgan fingerprint density at radius 3 is 2.11 bits per heavy atom. The Bertz CT molecular complexity index is 986. The van der Waals surface area contributed by atoms with Crippen molar-refractivity contribution in [1.82, 2.24) is 5.32 Å². The molecule has 2 N–H and O–H groups in total. The molecular formula is C33H55BNO9P. The minimum Gasteiger partial charge on any atom is -0.431 e. The van der Waals surface area contributed by atoms with E-state index in [9.17, 15) is 19.0 Å². The SMILES string of the molecule is [B][C@@H]1O[C@H](COC(=O)OCc2ccccc2)C(OP(=O)(O)OC)[C@@H]1CCCNC(=O)CCCCCCCCCCCCCCC. The first-order chi connectivity index (χ1) is 21.8. The summed E-state index contributed by atoms with van der Waals surface area (Å²) < 4.78 is 38.3. The average molecular weight is 652 g/mol. The van der Waals surface area contributed by atoms with Crippen molar-refractivity contribution in [2.75, 3.05) is 20.3 Å². The van der Waals surface area contributed by atoms with E-state index in [-0.39, 0.29) is 19.1 Å². The number of amides is 1. The number of phosphoric ester groups is 1. The van der Waals surface area contributed by atoms with Crippen molar-refractivity contribution in [1.29, 1.82) is 0 Å². The Kier molecular flexibility index (Phi) is 20.4. The van der Waals surface area contributed by atoms with Crippen LogP contribution in [0.25, 0.3) is 0 Å². The summed E-state index contributed by atoms with van der Waals surface area (Å²) in [6.07, 6.45) is 15.1. The van der Waals surface area contributed by atoms with Crippen molar-refractivity contribution in [3.05, 3.63) is 35.9 Å². The fraction of sp³-hybridized carbons (Fsp3) is 0.758. The summed E-state index contributed by atoms with van der Waals surface area (Å²) in [5, 5.41) is 2.94. The molecule has 0 aromatic heterocycles. The third-order valence-electron chi connectivity index (χ3n) is 8.14. The second kappa shape index (κ2) is 23.4. The van der Waals surface area contributed by atoms with E-state index in [4.69, 9.17) is 26.6 Å². The standard InChI is InChI=1S/C33H55BNO9P/c1-3-4-5-6-7-8-9-10-11-12-13-14-18-23-30(36)35-24-19-22-28-31(44-45(38,39)40-2)29(43-32(28)34)26-42-33(37)41-25-27-20-16-15-17-21-27/h15-17,20-21,28-29,31-32H,3-14,18-19,22-26H2,1-2H3,(H,35,36)(H,38,39)/t28-,29+,31?,32+/m0/s1. The molecule has 2 rings (SSSR count). The van der Waals surface area contributed by atoms with Gasteiger partial charge in [-0.2, -0.15) is 0 Å². The summed E-state index contributed by atoms with van der Waals surface area (Å²) in [6.45, 7) is 2.43. The highest BCUT2D eigenvalue weighted by atomic mass is 31.2. The van der Waals surface area contributed by atoms with E-state index in [0.717, 1.165) is 31.9 Å². The number of nitrogens with one attached hydrogen (secondary N) is 1. The van der Waals surface area contributed by atoms with Crippen molar-refractivity contribution in [2.45, 2.75) is 134 Å². The predicted octanol–water partition coefficient (Wildman–Crippen LogP) is 7.36. The molecule has 1 aliphatic rings. The molecule has 1 aromatic carbocycles. The van der Waals surface area contributed by atoms with Gasteiger partial charge in [-0.25, -0.2) is 9.36 Å². The highest BCUT2D eigenvalue weighted by Gasteiger charge is 2.46. The van der Waals surface area contributed by atoms with E-state index in [1.165, 1.54) is 64.2 Å². The minimum absolute atomic E-state index is 0.0115. The number of phosphoric acid groups is 1. The molecule has 1 amide bonds. The smallest absolute Gasteiger partial charge is 0.431 e. The molecule has 10 nitrogen and oxygen atoms in total. The molecule has 12 heteroatoms. The molecule has 0 aliphatic carbocycles. The Morgan fingerprint density at radius 1 is 0.911 bits per heavy atom. The highest BCUT2D eigenvalue weighted by Crippen LogP contribution is 2.48. The van der Waals surface area contributed by atoms with E-state index in [0.29, 0.717) is 25.8 Å². The number of hydrogen-bond donors (Lipinski definition) is 2. The minimum atomic E-state index is -4.39. The summed E-state index contributed by atoms with van der Waals surface area (Å²) in [5.74, 6) is -0.482. The molecule has 2 radical (unpaired) electrons. The number of hydrogen-bond acceptors (Lipinski definition) is 8. The number of rotatable bonds is 25. The van der Waals surface area contributed by atoms with Gasteiger partial charge in [0, 0.05) is 32.0 Å². The zero-order valence-corrected chi connectivity index (χ0v) is 28.3. The molecule has 1 aliphatic heterocycles. The summed E-state index contributed by atoms with van der Waals surface area (Å²) in [5.41, 5.74) is 0.799. The first kappa shape index (κ1) is 39.3. The average Bonchev–Trinajstić information content (AvgIpc) is 3.32. The normalized spacial score (nSPS) is 20.9. The number of carbonyl (C=O) groups is 2. The van der Waals surface area contributed by atoms with Gasteiger partial charge in [0.2, 0.25) is 5.91 Å². The molecule has 5 atom stereocenters. The molecule has 254 valence electrons. The van der Waals surface area contributed by atoms with E-state index in [1.807, 2.05) is 30.3 Å². The number of unbranched alkanes of at least 4 members (excludes halogenated alkanes) is 12. The van der Waals surface area contributed by atoms with Crippen molar-refractivity contribution in [2.24, 2.45) is 5.92 Å². The molecule has 2 unspecified atom stereocenters. The lowest BCUT2D eigenvalue weighted by Gasteiger charge is -2.25. The molecule has 0 spiro atoms. The second-order valence-electron chi connectivity index (χ2n) is 11.8. The fourth-order valence-electron chi connectivity index (χ4n) is 5.51. The fourth-order valence-corrected chi connectivity index (χ4v) is 6.20. The van der Waals surface area contributed by atoms with Gasteiger partial charge in [-0.15, -0.1) is 0 Å². The number of carbonyl (C=O) groups excluding carboxylic acids is 2. The van der Waals surface area contributed by atoms with Gasteiger partial charge < -0.3 is 24.4 Å². The van der Waals surface area contributed by atoms with Crippen LogP contribution in [-0.4, -0.2) is 63.3 Å². The lowest BCUT2D eigenvalue weighted by molar-refractivity contribution is -0.121. The predicted molar refractivity (Wildman–Crippen MR) is 175 cm³/mol. The Morgan fingerprint density at radius 2 is 1.51 bits per heavy atom. The third-order valence-corrected chi connectivity index (χ3v) is 9.11. The Hall–Kier alpha value is -1.91. The van der Waals surface area contributed by atoms with Crippen LogP contribution >= 0.6 is 7.82 Å². The molecule has 1 fully saturated rings. The third kappa shape index (κ3) is 17.6. The number of ether oxygens (including phenoxy) is 3. The summed E-state index contributed by atoms with van der Waals surface area (Å²) in [4.78, 5) is 34.4. The van der Waals surface area contributed by atoms with E-state index in [1.54, 1.807) is 0 Å². The zero-order chi connectivity index (χ0) is 32.8. The first-order valence-electron chi connectivity index (χ1n) is 16.8. The summed E-state index contributed by atoms with van der Waals surface area (Å²) in [6, 6.07) is 8.30. The van der Waals surface area contributed by atoms with Gasteiger partial charge in [-0.05, 0) is 24.8 Å². The van der Waals surface area contributed by atoms with Crippen LogP contribution in [0.3, 0.4) is 0 Å². The monoisotopic (exact) mass is 651 g/mol. The molecule has 0 bridgehead atoms. The molecular weight excluding hydrogens is 596 g/mol. The van der Waals surface area contributed by atoms with Crippen LogP contribution < -0.4 is 5.32 Å². The van der Waals surface area contributed by atoms with Crippen LogP contribution in [0.1, 0.15) is 115 Å². The van der Waals surface area contributed by atoms with Crippen LogP contribution in [0, 0.1) is 5.92 Å². The molecule has 1 aromatic rings. The molecule has 1 heterocycles. The maximum atomic E-state index is 12.3. The number of benzene rings is 1. The molecule has 1 saturated heterocycles. The van der Waals surface area contributed by atoms with Crippen molar-refractivity contribution in [3.8, 4) is 0 Å². The molecule has 45 heavy (non-hydrogen) atoms. The van der Waals surface area contributed by atoms with Crippen LogP contribution in [0.2, 0.25) is 0 Å². The Labute approximate surface area is 271 Å². The van der Waals surface area contributed by atoms with Gasteiger partial charge in [0.05, 0.1) is 0 Å². The van der Waals surface area contributed by atoms with Crippen LogP contribution in [0.5, 0.6) is 0 Å². The van der Waals surface area contributed by atoms with Crippen molar-refractivity contribution in [3.63, 3.8) is 0 Å². The molecule has 0 saturated carbocycles. The lowest BCUT2D eigenvalue weighted by Crippen LogP contribution is -2.34. The largest absolute Gasteiger partial charge is 0.508 e. The maximum absolute atomic E-state index is 12.3. The lowest BCUT2D eigenvalue weighted by atomic mass is 9.82. The van der Waals surface area contributed by atoms with Gasteiger partial charge in [0.25, 0.3) is 0 Å². The Balaban J connectivity index is 1.62. The zero-order valence-electron chi connectivity index (χ0n) is 27.4. The van der Waals surface area contributed by atoms with Crippen LogP contribution in [-0.2, 0) is 39.2 Å². The van der Waals surface area contributed by atoms with Crippen molar-refractivity contribution < 1.29 is 42.3 Å². The van der Waals surface area contributed by atoms with Crippen LogP contribution in [0.15, 0.2) is 30.3 Å². The van der Waals surface area contributed by atoms with Gasteiger partial charge in [-0.3, -0.25) is 13.8 Å². The maximum Gasteiger partial charge on any atom is 0.508 e. The topological polar surface area (TPSA) is 130 Å². The van der Waals surface area contributed by atoms with Gasteiger partial charge in [-0.1, -0.05) is 114 Å². The van der Waals surface area contributed by atoms with E-state index >= 15 is 0 Å². The highest BCUT2D eigenvalue weighted by molar-refractivity contribution is 7.47. The summed E-state index contributed by atoms with van der Waals surface area (Å²) in [7, 11) is 2.86. The first-order valence-corrected chi connectivity index (χ1v) is 18.3. The van der Waals surface area contributed by atoms with Gasteiger partial charge >= 0.3 is 14.0 Å². The van der Waals surface area contributed by atoms with Crippen LogP contribution in [0.4, 0.5) is 4.79 Å². The van der Waals surface area contributed by atoms with Crippen molar-refractivity contribution >= 4 is 27.7 Å². The van der Waals surface area contributed by atoms with E-state index in [2.05, 4.69) is 16.8 Å².